The summed E-state index contributed by atoms with van der Waals surface area (Å²) in [4.78, 5) is 0. The lowest BCUT2D eigenvalue weighted by Gasteiger charge is -2.15. The van der Waals surface area contributed by atoms with E-state index in [0.717, 1.165) is 0 Å². The molecule has 2 nitrogen and oxygen atoms in total. The molecule has 1 aliphatic rings. The van der Waals surface area contributed by atoms with Gasteiger partial charge in [-0.3, -0.25) is 0 Å². The van der Waals surface area contributed by atoms with Gasteiger partial charge in [0, 0.05) is 5.92 Å². The summed E-state index contributed by atoms with van der Waals surface area (Å²) in [5.41, 5.74) is 5.01. The monoisotopic (exact) mass is 180 g/mol. The maximum absolute atomic E-state index is 12.8. The molecule has 0 bridgehead atoms. The van der Waals surface area contributed by atoms with Crippen LogP contribution in [0.3, 0.4) is 0 Å². The number of alkyl halides is 2. The van der Waals surface area contributed by atoms with Crippen LogP contribution < -0.4 is 11.1 Å². The van der Waals surface area contributed by atoms with Crippen LogP contribution in [0.1, 0.15) is 12.8 Å². The Kier molecular flexibility index (Phi) is 2.27. The molecule has 11 heavy (non-hydrogen) atoms. The van der Waals surface area contributed by atoms with Crippen molar-refractivity contribution in [2.24, 2.45) is 11.7 Å². The molecular weight excluding hydrogens is 170 g/mol. The molecule has 1 aliphatic carbocycles. The first-order chi connectivity index (χ1) is 5.02. The van der Waals surface area contributed by atoms with Crippen molar-refractivity contribution in [2.75, 3.05) is 6.54 Å². The van der Waals surface area contributed by atoms with Crippen molar-refractivity contribution in [3.05, 3.63) is 0 Å². The Morgan fingerprint density at radius 3 is 2.55 bits per heavy atom. The Balaban J connectivity index is 2.27. The van der Waals surface area contributed by atoms with Crippen molar-refractivity contribution in [3.63, 3.8) is 0 Å². The molecule has 5 heteroatoms. The normalized spacial score (nSPS) is 18.0. The fraction of sp³-hybridized carbons (Fsp3) is 0.833. The zero-order chi connectivity index (χ0) is 8.48. The summed E-state index contributed by atoms with van der Waals surface area (Å²) in [7, 11) is 0. The van der Waals surface area contributed by atoms with Crippen molar-refractivity contribution in [1.29, 1.82) is 0 Å². The predicted octanol–water partition coefficient (Wildman–Crippen LogP) is 0.865. The van der Waals surface area contributed by atoms with E-state index in [4.69, 9.17) is 5.73 Å². The van der Waals surface area contributed by atoms with E-state index < -0.39 is 18.4 Å². The van der Waals surface area contributed by atoms with E-state index in [2.05, 4.69) is 17.5 Å². The van der Waals surface area contributed by atoms with Crippen molar-refractivity contribution in [2.45, 2.75) is 18.8 Å². The summed E-state index contributed by atoms with van der Waals surface area (Å²) in [6, 6.07) is 0. The third kappa shape index (κ3) is 2.57. The van der Waals surface area contributed by atoms with E-state index in [0.29, 0.717) is 12.8 Å². The van der Waals surface area contributed by atoms with E-state index in [-0.39, 0.29) is 5.11 Å². The topological polar surface area (TPSA) is 38.0 Å². The number of thiocarbonyl (C=S) groups is 1. The molecule has 0 radical (unpaired) electrons. The van der Waals surface area contributed by atoms with Crippen molar-refractivity contribution in [3.8, 4) is 0 Å². The van der Waals surface area contributed by atoms with Crippen LogP contribution in [-0.2, 0) is 0 Å². The van der Waals surface area contributed by atoms with Crippen molar-refractivity contribution >= 4 is 17.3 Å². The molecule has 0 aromatic rings. The first-order valence-corrected chi connectivity index (χ1v) is 3.84. The second-order valence-electron chi connectivity index (χ2n) is 2.75. The zero-order valence-corrected chi connectivity index (χ0v) is 6.76. The van der Waals surface area contributed by atoms with Gasteiger partial charge >= 0.3 is 0 Å². The fourth-order valence-corrected chi connectivity index (χ4v) is 0.927. The van der Waals surface area contributed by atoms with E-state index in [1.807, 2.05) is 0 Å². The summed E-state index contributed by atoms with van der Waals surface area (Å²) < 4.78 is 25.6. The van der Waals surface area contributed by atoms with Gasteiger partial charge in [0.2, 0.25) is 0 Å². The van der Waals surface area contributed by atoms with Crippen LogP contribution >= 0.6 is 12.2 Å². The third-order valence-corrected chi connectivity index (χ3v) is 1.82. The number of rotatable bonds is 3. The quantitative estimate of drug-likeness (QED) is 0.633. The number of nitrogens with one attached hydrogen (secondary N) is 1. The van der Waals surface area contributed by atoms with Gasteiger partial charge in [0.25, 0.3) is 5.92 Å². The van der Waals surface area contributed by atoms with E-state index >= 15 is 0 Å². The van der Waals surface area contributed by atoms with Crippen LogP contribution in [0, 0.1) is 5.92 Å². The van der Waals surface area contributed by atoms with Gasteiger partial charge in [0.1, 0.15) is 0 Å². The molecule has 64 valence electrons. The summed E-state index contributed by atoms with van der Waals surface area (Å²) in [6.45, 7) is -0.424. The van der Waals surface area contributed by atoms with Gasteiger partial charge < -0.3 is 11.1 Å². The van der Waals surface area contributed by atoms with Crippen molar-refractivity contribution in [1.82, 2.24) is 5.32 Å². The summed E-state index contributed by atoms with van der Waals surface area (Å²) in [6.07, 6.45) is 1.23. The summed E-state index contributed by atoms with van der Waals surface area (Å²) >= 11 is 4.40. The smallest absolute Gasteiger partial charge is 0.267 e. The maximum Gasteiger partial charge on any atom is 0.267 e. The highest BCUT2D eigenvalue weighted by Crippen LogP contribution is 2.42. The Bertz CT molecular complexity index is 168. The number of halogens is 2. The Morgan fingerprint density at radius 2 is 2.18 bits per heavy atom. The first kappa shape index (κ1) is 8.64. The predicted molar refractivity (Wildman–Crippen MR) is 42.5 cm³/mol. The summed E-state index contributed by atoms with van der Waals surface area (Å²) in [5.74, 6) is -3.09. The largest absolute Gasteiger partial charge is 0.376 e. The van der Waals surface area contributed by atoms with Gasteiger partial charge in [-0.2, -0.15) is 0 Å². The van der Waals surface area contributed by atoms with Crippen molar-refractivity contribution < 1.29 is 8.78 Å². The van der Waals surface area contributed by atoms with Gasteiger partial charge in [0.05, 0.1) is 6.54 Å². The molecule has 0 spiro atoms. The minimum absolute atomic E-state index is 0.0645. The molecule has 0 amide bonds. The first-order valence-electron chi connectivity index (χ1n) is 3.43. The molecule has 1 rings (SSSR count). The highest BCUT2D eigenvalue weighted by atomic mass is 32.1. The highest BCUT2D eigenvalue weighted by Gasteiger charge is 2.46. The second-order valence-corrected chi connectivity index (χ2v) is 3.19. The van der Waals surface area contributed by atoms with Crippen LogP contribution in [-0.4, -0.2) is 17.6 Å². The SMILES string of the molecule is NC(=S)NCC(F)(F)C1CC1. The fourth-order valence-electron chi connectivity index (χ4n) is 0.855. The Labute approximate surface area is 69.1 Å². The molecule has 3 N–H and O–H groups in total. The molecule has 0 aliphatic heterocycles. The molecule has 0 saturated heterocycles. The molecule has 0 unspecified atom stereocenters. The molecular formula is C6H10F2N2S. The molecule has 0 atom stereocenters. The average Bonchev–Trinajstić information content (AvgIpc) is 2.64. The zero-order valence-electron chi connectivity index (χ0n) is 5.94. The lowest BCUT2D eigenvalue weighted by molar-refractivity contribution is -0.0166. The van der Waals surface area contributed by atoms with Crippen LogP contribution in [0.5, 0.6) is 0 Å². The van der Waals surface area contributed by atoms with Gasteiger partial charge in [-0.1, -0.05) is 0 Å². The van der Waals surface area contributed by atoms with Crippen LogP contribution in [0.25, 0.3) is 0 Å². The van der Waals surface area contributed by atoms with Gasteiger partial charge in [-0.25, -0.2) is 8.78 Å². The molecule has 0 aromatic heterocycles. The molecule has 0 aromatic carbocycles. The third-order valence-electron chi connectivity index (χ3n) is 1.67. The number of hydrogen-bond acceptors (Lipinski definition) is 1. The minimum atomic E-state index is -2.64. The summed E-state index contributed by atoms with van der Waals surface area (Å²) in [5, 5.41) is 2.20. The van der Waals surface area contributed by atoms with Gasteiger partial charge in [-0.05, 0) is 25.1 Å². The van der Waals surface area contributed by atoms with Gasteiger partial charge in [-0.15, -0.1) is 0 Å². The lowest BCUT2D eigenvalue weighted by atomic mass is 10.2. The van der Waals surface area contributed by atoms with Crippen LogP contribution in [0.4, 0.5) is 8.78 Å². The maximum atomic E-state index is 12.8. The molecule has 0 heterocycles. The Hall–Kier alpha value is -0.450. The Morgan fingerprint density at radius 1 is 1.64 bits per heavy atom. The number of hydrogen-bond donors (Lipinski definition) is 2. The second kappa shape index (κ2) is 2.89. The lowest BCUT2D eigenvalue weighted by Crippen LogP contribution is -2.40. The average molecular weight is 180 g/mol. The molecule has 1 saturated carbocycles. The van der Waals surface area contributed by atoms with Crippen LogP contribution in [0.15, 0.2) is 0 Å². The minimum Gasteiger partial charge on any atom is -0.376 e. The van der Waals surface area contributed by atoms with E-state index in [1.54, 1.807) is 0 Å². The van der Waals surface area contributed by atoms with Gasteiger partial charge in [0.15, 0.2) is 5.11 Å². The standard InChI is InChI=1S/C6H10F2N2S/c7-6(8,4-1-2-4)3-10-5(9)11/h4H,1-3H2,(H3,9,10,11). The number of nitrogens with two attached hydrogens (primary N) is 1. The van der Waals surface area contributed by atoms with E-state index in [1.165, 1.54) is 0 Å². The molecule has 1 fully saturated rings. The van der Waals surface area contributed by atoms with Crippen LogP contribution in [0.2, 0.25) is 0 Å². The van der Waals surface area contributed by atoms with E-state index in [9.17, 15) is 8.78 Å². The highest BCUT2D eigenvalue weighted by molar-refractivity contribution is 7.80.